The van der Waals surface area contributed by atoms with Crippen molar-refractivity contribution in [3.8, 4) is 5.75 Å². The van der Waals surface area contributed by atoms with Crippen molar-refractivity contribution < 1.29 is 4.74 Å². The van der Waals surface area contributed by atoms with Gasteiger partial charge in [0.05, 0.1) is 10.0 Å². The molecule has 0 fully saturated rings. The van der Waals surface area contributed by atoms with Gasteiger partial charge in [-0.25, -0.2) is 0 Å². The number of ether oxygens (including phenoxy) is 1. The van der Waals surface area contributed by atoms with E-state index in [-0.39, 0.29) is 0 Å². The molecule has 19 heavy (non-hydrogen) atoms. The number of rotatable bonds is 4. The van der Waals surface area contributed by atoms with Crippen molar-refractivity contribution in [2.45, 2.75) is 6.61 Å². The van der Waals surface area contributed by atoms with Gasteiger partial charge in [0.25, 0.3) is 0 Å². The smallest absolute Gasteiger partial charge is 0.120 e. The standard InChI is InChI=1S/C14H11Cl2NOS/c15-12-6-2-4-10(13(12)16)8-18-11-5-1-3-9(7-11)14(17)19/h1-7H,8H2,(H2,17,19). The first-order chi connectivity index (χ1) is 9.08. The fourth-order valence-corrected chi connectivity index (χ4v) is 2.06. The highest BCUT2D eigenvalue weighted by molar-refractivity contribution is 7.80. The number of halogens is 2. The Morgan fingerprint density at radius 1 is 1.16 bits per heavy atom. The SMILES string of the molecule is NC(=S)c1cccc(OCc2cccc(Cl)c2Cl)c1. The highest BCUT2D eigenvalue weighted by Gasteiger charge is 2.05. The third-order valence-electron chi connectivity index (χ3n) is 2.54. The Bertz CT molecular complexity index is 616. The second-order valence-electron chi connectivity index (χ2n) is 3.89. The zero-order valence-corrected chi connectivity index (χ0v) is 12.2. The van der Waals surface area contributed by atoms with Crippen LogP contribution in [0.2, 0.25) is 10.0 Å². The molecule has 0 radical (unpaired) electrons. The lowest BCUT2D eigenvalue weighted by Crippen LogP contribution is -2.09. The van der Waals surface area contributed by atoms with Gasteiger partial charge < -0.3 is 10.5 Å². The summed E-state index contributed by atoms with van der Waals surface area (Å²) in [7, 11) is 0. The van der Waals surface area contributed by atoms with Gasteiger partial charge in [0.2, 0.25) is 0 Å². The Hall–Kier alpha value is -1.29. The van der Waals surface area contributed by atoms with Crippen LogP contribution in [0.5, 0.6) is 5.75 Å². The average molecular weight is 312 g/mol. The van der Waals surface area contributed by atoms with Crippen LogP contribution in [-0.4, -0.2) is 4.99 Å². The summed E-state index contributed by atoms with van der Waals surface area (Å²) in [5.74, 6) is 0.682. The van der Waals surface area contributed by atoms with Gasteiger partial charge in [-0.05, 0) is 18.2 Å². The summed E-state index contributed by atoms with van der Waals surface area (Å²) >= 11 is 17.0. The number of benzene rings is 2. The lowest BCUT2D eigenvalue weighted by molar-refractivity contribution is 0.306. The summed E-state index contributed by atoms with van der Waals surface area (Å²) in [6, 6.07) is 12.7. The highest BCUT2D eigenvalue weighted by atomic mass is 35.5. The minimum absolute atomic E-state index is 0.334. The van der Waals surface area contributed by atoms with Gasteiger partial charge >= 0.3 is 0 Å². The molecule has 0 bridgehead atoms. The van der Waals surface area contributed by atoms with Gasteiger partial charge in [-0.2, -0.15) is 0 Å². The van der Waals surface area contributed by atoms with Crippen LogP contribution in [0, 0.1) is 0 Å². The van der Waals surface area contributed by atoms with Crippen LogP contribution in [-0.2, 0) is 6.61 Å². The summed E-state index contributed by atoms with van der Waals surface area (Å²) < 4.78 is 5.66. The van der Waals surface area contributed by atoms with Gasteiger partial charge in [-0.15, -0.1) is 0 Å². The van der Waals surface area contributed by atoms with E-state index >= 15 is 0 Å². The van der Waals surface area contributed by atoms with Gasteiger partial charge in [0.15, 0.2) is 0 Å². The quantitative estimate of drug-likeness (QED) is 0.859. The lowest BCUT2D eigenvalue weighted by Gasteiger charge is -2.09. The molecule has 0 aliphatic carbocycles. The first kappa shape index (κ1) is 14.1. The average Bonchev–Trinajstić information content (AvgIpc) is 2.41. The summed E-state index contributed by atoms with van der Waals surface area (Å²) in [6.45, 7) is 0.334. The molecule has 0 spiro atoms. The first-order valence-corrected chi connectivity index (χ1v) is 6.70. The minimum atomic E-state index is 0.334. The molecular weight excluding hydrogens is 301 g/mol. The zero-order chi connectivity index (χ0) is 13.8. The van der Waals surface area contributed by atoms with Crippen LogP contribution in [0.25, 0.3) is 0 Å². The van der Waals surface area contributed by atoms with E-state index in [1.165, 1.54) is 0 Å². The van der Waals surface area contributed by atoms with Crippen molar-refractivity contribution in [2.24, 2.45) is 5.73 Å². The minimum Gasteiger partial charge on any atom is -0.489 e. The van der Waals surface area contributed by atoms with Crippen molar-refractivity contribution in [3.05, 3.63) is 63.6 Å². The number of nitrogens with two attached hydrogens (primary N) is 1. The molecule has 0 heterocycles. The summed E-state index contributed by atoms with van der Waals surface area (Å²) in [4.78, 5) is 0.339. The van der Waals surface area contributed by atoms with E-state index in [0.717, 1.165) is 11.1 Å². The van der Waals surface area contributed by atoms with Crippen molar-refractivity contribution in [1.29, 1.82) is 0 Å². The van der Waals surface area contributed by atoms with E-state index < -0.39 is 0 Å². The van der Waals surface area contributed by atoms with E-state index in [0.29, 0.717) is 27.4 Å². The lowest BCUT2D eigenvalue weighted by atomic mass is 10.2. The molecule has 0 aromatic heterocycles. The maximum absolute atomic E-state index is 6.09. The first-order valence-electron chi connectivity index (χ1n) is 5.53. The van der Waals surface area contributed by atoms with E-state index in [1.54, 1.807) is 12.1 Å². The molecule has 2 aromatic rings. The maximum atomic E-state index is 6.09. The predicted molar refractivity (Wildman–Crippen MR) is 83.1 cm³/mol. The topological polar surface area (TPSA) is 35.2 Å². The van der Waals surface area contributed by atoms with Crippen LogP contribution in [0.3, 0.4) is 0 Å². The molecule has 0 saturated heterocycles. The molecule has 0 aliphatic rings. The van der Waals surface area contributed by atoms with Crippen LogP contribution < -0.4 is 10.5 Å². The molecule has 0 amide bonds. The largest absolute Gasteiger partial charge is 0.489 e. The Morgan fingerprint density at radius 2 is 1.89 bits per heavy atom. The van der Waals surface area contributed by atoms with Gasteiger partial charge in [0.1, 0.15) is 17.3 Å². The summed E-state index contributed by atoms with van der Waals surface area (Å²) in [6.07, 6.45) is 0. The fraction of sp³-hybridized carbons (Fsp3) is 0.0714. The van der Waals surface area contributed by atoms with Gasteiger partial charge in [-0.3, -0.25) is 0 Å². The summed E-state index contributed by atoms with van der Waals surface area (Å²) in [5.41, 5.74) is 7.17. The van der Waals surface area contributed by atoms with Gasteiger partial charge in [-0.1, -0.05) is 59.7 Å². The molecule has 2 nitrogen and oxygen atoms in total. The Kier molecular flexibility index (Phi) is 4.64. The van der Waals surface area contributed by atoms with Crippen LogP contribution in [0.4, 0.5) is 0 Å². The van der Waals surface area contributed by atoms with Crippen molar-refractivity contribution in [1.82, 2.24) is 0 Å². The Balaban J connectivity index is 2.12. The molecule has 2 aromatic carbocycles. The third-order valence-corrected chi connectivity index (χ3v) is 3.64. The van der Waals surface area contributed by atoms with Crippen molar-refractivity contribution >= 4 is 40.4 Å². The number of hydrogen-bond acceptors (Lipinski definition) is 2. The normalized spacial score (nSPS) is 10.2. The van der Waals surface area contributed by atoms with Crippen molar-refractivity contribution in [2.75, 3.05) is 0 Å². The highest BCUT2D eigenvalue weighted by Crippen LogP contribution is 2.26. The van der Waals surface area contributed by atoms with Crippen LogP contribution in [0.15, 0.2) is 42.5 Å². The molecule has 2 N–H and O–H groups in total. The Labute approximate surface area is 127 Å². The number of hydrogen-bond donors (Lipinski definition) is 1. The molecule has 0 aliphatic heterocycles. The van der Waals surface area contributed by atoms with E-state index in [1.807, 2.05) is 30.3 Å². The Morgan fingerprint density at radius 3 is 2.63 bits per heavy atom. The van der Waals surface area contributed by atoms with E-state index in [4.69, 9.17) is 45.9 Å². The second kappa shape index (κ2) is 6.24. The molecule has 2 rings (SSSR count). The fourth-order valence-electron chi connectivity index (χ4n) is 1.56. The zero-order valence-electron chi connectivity index (χ0n) is 9.90. The van der Waals surface area contributed by atoms with E-state index in [2.05, 4.69) is 0 Å². The van der Waals surface area contributed by atoms with Crippen LogP contribution >= 0.6 is 35.4 Å². The molecule has 5 heteroatoms. The summed E-state index contributed by atoms with van der Waals surface area (Å²) in [5, 5.41) is 1.02. The maximum Gasteiger partial charge on any atom is 0.120 e. The number of thiocarbonyl (C=S) groups is 1. The third kappa shape index (κ3) is 3.60. The second-order valence-corrected chi connectivity index (χ2v) is 5.12. The molecule has 0 unspecified atom stereocenters. The molecule has 0 saturated carbocycles. The van der Waals surface area contributed by atoms with Gasteiger partial charge in [0, 0.05) is 11.1 Å². The van der Waals surface area contributed by atoms with Crippen LogP contribution in [0.1, 0.15) is 11.1 Å². The molecule has 0 atom stereocenters. The molecule has 98 valence electrons. The molecular formula is C14H11Cl2NOS. The van der Waals surface area contributed by atoms with Crippen molar-refractivity contribution in [3.63, 3.8) is 0 Å². The monoisotopic (exact) mass is 311 g/mol. The predicted octanol–water partition coefficient (Wildman–Crippen LogP) is 4.21. The van der Waals surface area contributed by atoms with E-state index in [9.17, 15) is 0 Å².